The quantitative estimate of drug-likeness (QED) is 0.746. The van der Waals surface area contributed by atoms with Gasteiger partial charge in [-0.2, -0.15) is 0 Å². The van der Waals surface area contributed by atoms with Crippen LogP contribution in [-0.4, -0.2) is 36.5 Å². The van der Waals surface area contributed by atoms with Gasteiger partial charge in [0.1, 0.15) is 12.4 Å². The van der Waals surface area contributed by atoms with Crippen molar-refractivity contribution in [2.24, 2.45) is 5.92 Å². The molecule has 1 atom stereocenters. The summed E-state index contributed by atoms with van der Waals surface area (Å²) >= 11 is 5.95. The molecule has 2 aromatic carbocycles. The highest BCUT2D eigenvalue weighted by atomic mass is 35.5. The predicted octanol–water partition coefficient (Wildman–Crippen LogP) is 4.44. The number of piperidine rings is 1. The monoisotopic (exact) mass is 400 g/mol. The predicted molar refractivity (Wildman–Crippen MR) is 114 cm³/mol. The molecule has 0 saturated carbocycles. The van der Waals surface area contributed by atoms with Gasteiger partial charge in [-0.05, 0) is 69.6 Å². The highest BCUT2D eigenvalue weighted by Gasteiger charge is 2.25. The number of halogens is 1. The number of hydrogen-bond donors (Lipinski definition) is 1. The first-order valence-electron chi connectivity index (χ1n) is 9.96. The van der Waals surface area contributed by atoms with Crippen LogP contribution in [0.2, 0.25) is 5.02 Å². The highest BCUT2D eigenvalue weighted by molar-refractivity contribution is 6.30. The van der Waals surface area contributed by atoms with E-state index in [4.69, 9.17) is 16.3 Å². The second-order valence-electron chi connectivity index (χ2n) is 7.71. The lowest BCUT2D eigenvalue weighted by atomic mass is 9.95. The van der Waals surface area contributed by atoms with Crippen molar-refractivity contribution in [1.29, 1.82) is 0 Å². The average molecular weight is 401 g/mol. The molecule has 0 bridgehead atoms. The number of amides is 1. The Hall–Kier alpha value is -2.04. The molecule has 4 nitrogen and oxygen atoms in total. The molecule has 150 valence electrons. The molecule has 1 aliphatic rings. The zero-order chi connectivity index (χ0) is 19.9. The minimum absolute atomic E-state index is 0.0131. The van der Waals surface area contributed by atoms with Gasteiger partial charge in [0, 0.05) is 17.5 Å². The first-order chi connectivity index (χ1) is 13.5. The summed E-state index contributed by atoms with van der Waals surface area (Å²) in [4.78, 5) is 15.0. The van der Waals surface area contributed by atoms with Gasteiger partial charge in [-0.1, -0.05) is 41.4 Å². The molecular weight excluding hydrogens is 372 g/mol. The van der Waals surface area contributed by atoms with Gasteiger partial charge in [0.05, 0.1) is 6.04 Å². The fraction of sp³-hybridized carbons (Fsp3) is 0.435. The number of likely N-dealkylation sites (tertiary alicyclic amines) is 1. The first kappa shape index (κ1) is 20.7. The van der Waals surface area contributed by atoms with Gasteiger partial charge >= 0.3 is 0 Å². The number of carbonyl (C=O) groups excluding carboxylic acids is 1. The fourth-order valence-electron chi connectivity index (χ4n) is 3.46. The lowest BCUT2D eigenvalue weighted by Gasteiger charge is -2.31. The third kappa shape index (κ3) is 6.25. The van der Waals surface area contributed by atoms with E-state index in [0.29, 0.717) is 6.61 Å². The van der Waals surface area contributed by atoms with Crippen molar-refractivity contribution in [3.8, 4) is 5.75 Å². The van der Waals surface area contributed by atoms with Crippen LogP contribution in [0, 0.1) is 12.8 Å². The van der Waals surface area contributed by atoms with Crippen molar-refractivity contribution < 1.29 is 9.53 Å². The van der Waals surface area contributed by atoms with Crippen molar-refractivity contribution in [2.75, 3.05) is 19.7 Å². The molecule has 0 aromatic heterocycles. The summed E-state index contributed by atoms with van der Waals surface area (Å²) in [6.07, 6.45) is 1.79. The van der Waals surface area contributed by atoms with Gasteiger partial charge in [0.15, 0.2) is 0 Å². The Morgan fingerprint density at radius 3 is 2.43 bits per heavy atom. The van der Waals surface area contributed by atoms with Crippen molar-refractivity contribution in [3.63, 3.8) is 0 Å². The second kappa shape index (κ2) is 9.94. The van der Waals surface area contributed by atoms with E-state index in [0.717, 1.165) is 43.2 Å². The van der Waals surface area contributed by atoms with E-state index < -0.39 is 0 Å². The van der Waals surface area contributed by atoms with E-state index in [-0.39, 0.29) is 17.9 Å². The minimum Gasteiger partial charge on any atom is -0.491 e. The summed E-state index contributed by atoms with van der Waals surface area (Å²) in [5.74, 6) is 1.07. The lowest BCUT2D eigenvalue weighted by Crippen LogP contribution is -2.44. The molecule has 1 fully saturated rings. The van der Waals surface area contributed by atoms with Gasteiger partial charge in [0.2, 0.25) is 5.91 Å². The van der Waals surface area contributed by atoms with Gasteiger partial charge < -0.3 is 10.1 Å². The average Bonchev–Trinajstić information content (AvgIpc) is 2.70. The van der Waals surface area contributed by atoms with Crippen LogP contribution >= 0.6 is 11.6 Å². The Morgan fingerprint density at radius 1 is 1.14 bits per heavy atom. The van der Waals surface area contributed by atoms with Crippen LogP contribution in [0.5, 0.6) is 5.75 Å². The van der Waals surface area contributed by atoms with Crippen LogP contribution in [0.3, 0.4) is 0 Å². The Labute approximate surface area is 172 Å². The SMILES string of the molecule is Cc1ccc(OCC(C)NC(=O)C2CCN(Cc3ccc(Cl)cc3)CC2)cc1. The topological polar surface area (TPSA) is 41.6 Å². The Kier molecular flexibility index (Phi) is 7.35. The smallest absolute Gasteiger partial charge is 0.223 e. The zero-order valence-electron chi connectivity index (χ0n) is 16.7. The number of hydrogen-bond acceptors (Lipinski definition) is 3. The molecule has 1 amide bonds. The molecule has 1 heterocycles. The standard InChI is InChI=1S/C23H29ClN2O2/c1-17-3-9-22(10-4-17)28-16-18(2)25-23(27)20-11-13-26(14-12-20)15-19-5-7-21(24)8-6-19/h3-10,18,20H,11-16H2,1-2H3,(H,25,27). The molecule has 2 aromatic rings. The summed E-state index contributed by atoms with van der Waals surface area (Å²) in [7, 11) is 0. The maximum absolute atomic E-state index is 12.6. The Balaban J connectivity index is 1.38. The maximum atomic E-state index is 12.6. The van der Waals surface area contributed by atoms with Gasteiger partial charge in [-0.25, -0.2) is 0 Å². The van der Waals surface area contributed by atoms with Gasteiger partial charge in [0.25, 0.3) is 0 Å². The van der Waals surface area contributed by atoms with Crippen LogP contribution in [0.25, 0.3) is 0 Å². The third-order valence-electron chi connectivity index (χ3n) is 5.19. The Morgan fingerprint density at radius 2 is 1.79 bits per heavy atom. The van der Waals surface area contributed by atoms with Crippen LogP contribution in [-0.2, 0) is 11.3 Å². The highest BCUT2D eigenvalue weighted by Crippen LogP contribution is 2.20. The molecule has 1 aliphatic heterocycles. The third-order valence-corrected chi connectivity index (χ3v) is 5.44. The number of carbonyl (C=O) groups is 1. The van der Waals surface area contributed by atoms with E-state index in [9.17, 15) is 4.79 Å². The van der Waals surface area contributed by atoms with Crippen molar-refractivity contribution in [1.82, 2.24) is 10.2 Å². The lowest BCUT2D eigenvalue weighted by molar-refractivity contribution is -0.127. The van der Waals surface area contributed by atoms with Gasteiger partial charge in [-0.15, -0.1) is 0 Å². The minimum atomic E-state index is -0.0131. The number of ether oxygens (including phenoxy) is 1. The molecule has 1 saturated heterocycles. The van der Waals surface area contributed by atoms with E-state index in [1.54, 1.807) is 0 Å². The van der Waals surface area contributed by atoms with Gasteiger partial charge in [-0.3, -0.25) is 9.69 Å². The molecule has 3 rings (SSSR count). The van der Waals surface area contributed by atoms with Crippen LogP contribution in [0.4, 0.5) is 0 Å². The molecule has 5 heteroatoms. The summed E-state index contributed by atoms with van der Waals surface area (Å²) < 4.78 is 5.77. The van der Waals surface area contributed by atoms with E-state index in [1.165, 1.54) is 11.1 Å². The summed E-state index contributed by atoms with van der Waals surface area (Å²) in [5.41, 5.74) is 2.46. The van der Waals surface area contributed by atoms with E-state index in [2.05, 4.69) is 22.3 Å². The van der Waals surface area contributed by atoms with Crippen LogP contribution < -0.4 is 10.1 Å². The molecule has 0 aliphatic carbocycles. The van der Waals surface area contributed by atoms with Crippen LogP contribution in [0.1, 0.15) is 30.9 Å². The number of nitrogens with zero attached hydrogens (tertiary/aromatic N) is 1. The molecule has 0 spiro atoms. The number of rotatable bonds is 7. The Bertz CT molecular complexity index is 753. The van der Waals surface area contributed by atoms with E-state index in [1.807, 2.05) is 50.2 Å². The fourth-order valence-corrected chi connectivity index (χ4v) is 3.59. The molecule has 0 radical (unpaired) electrons. The number of aryl methyl sites for hydroxylation is 1. The van der Waals surface area contributed by atoms with Crippen molar-refractivity contribution >= 4 is 17.5 Å². The van der Waals surface area contributed by atoms with Crippen LogP contribution in [0.15, 0.2) is 48.5 Å². The molecule has 1 unspecified atom stereocenters. The van der Waals surface area contributed by atoms with Crippen molar-refractivity contribution in [2.45, 2.75) is 39.3 Å². The molecule has 1 N–H and O–H groups in total. The second-order valence-corrected chi connectivity index (χ2v) is 8.15. The largest absolute Gasteiger partial charge is 0.491 e. The molecular formula is C23H29ClN2O2. The molecule has 28 heavy (non-hydrogen) atoms. The number of nitrogens with one attached hydrogen (secondary N) is 1. The van der Waals surface area contributed by atoms with E-state index >= 15 is 0 Å². The number of benzene rings is 2. The van der Waals surface area contributed by atoms with Crippen molar-refractivity contribution in [3.05, 3.63) is 64.7 Å². The normalized spacial score (nSPS) is 16.5. The summed E-state index contributed by atoms with van der Waals surface area (Å²) in [6, 6.07) is 15.9. The maximum Gasteiger partial charge on any atom is 0.223 e. The first-order valence-corrected chi connectivity index (χ1v) is 10.3. The summed E-state index contributed by atoms with van der Waals surface area (Å²) in [6.45, 7) is 7.30. The summed E-state index contributed by atoms with van der Waals surface area (Å²) in [5, 5.41) is 3.87. The zero-order valence-corrected chi connectivity index (χ0v) is 17.4.